The molecule has 1 rings (SSSR count). The fourth-order valence-corrected chi connectivity index (χ4v) is 1.23. The number of carbonyl (C=O) groups is 1. The van der Waals surface area contributed by atoms with Crippen molar-refractivity contribution in [1.82, 2.24) is 0 Å². The maximum absolute atomic E-state index is 10.3. The van der Waals surface area contributed by atoms with Crippen LogP contribution in [0.1, 0.15) is 0 Å². The van der Waals surface area contributed by atoms with Gasteiger partial charge < -0.3 is 5.11 Å². The fourth-order valence-electron chi connectivity index (χ4n) is 0.737. The van der Waals surface area contributed by atoms with Crippen molar-refractivity contribution in [3.63, 3.8) is 0 Å². The van der Waals surface area contributed by atoms with E-state index >= 15 is 0 Å². The van der Waals surface area contributed by atoms with Crippen molar-refractivity contribution >= 4 is 51.6 Å². The van der Waals surface area contributed by atoms with Crippen molar-refractivity contribution in [3.8, 4) is 0 Å². The van der Waals surface area contributed by atoms with Gasteiger partial charge in [0.2, 0.25) is 5.17 Å². The molecule has 80 valence electrons. The van der Waals surface area contributed by atoms with Crippen LogP contribution in [0.5, 0.6) is 0 Å². The Hall–Kier alpha value is -0.970. The van der Waals surface area contributed by atoms with E-state index in [1.807, 2.05) is 0 Å². The minimum absolute atomic E-state index is 0.320. The van der Waals surface area contributed by atoms with E-state index in [9.17, 15) is 4.79 Å². The molecular weight excluding hydrogens is 262 g/mol. The molecule has 0 heterocycles. The zero-order valence-corrected chi connectivity index (χ0v) is 9.44. The van der Waals surface area contributed by atoms with Gasteiger partial charge in [0.25, 0.3) is 0 Å². The summed E-state index contributed by atoms with van der Waals surface area (Å²) < 4.78 is 0. The Labute approximate surface area is 100 Å². The predicted molar refractivity (Wildman–Crippen MR) is 61.0 cm³/mol. The Kier molecular flexibility index (Phi) is 4.20. The third kappa shape index (κ3) is 3.58. The van der Waals surface area contributed by atoms with Crippen molar-refractivity contribution in [1.29, 1.82) is 0 Å². The first-order valence-electron chi connectivity index (χ1n) is 3.68. The monoisotopic (exact) mass is 266 g/mol. The maximum Gasteiger partial charge on any atom is 0.368 e. The van der Waals surface area contributed by atoms with Crippen LogP contribution >= 0.6 is 34.8 Å². The number of hydrogen-bond donors (Lipinski definition) is 2. The van der Waals surface area contributed by atoms with Gasteiger partial charge in [0.15, 0.2) is 0 Å². The van der Waals surface area contributed by atoms with E-state index in [1.54, 1.807) is 12.1 Å². The third-order valence-electron chi connectivity index (χ3n) is 1.38. The van der Waals surface area contributed by atoms with Crippen LogP contribution in [0.25, 0.3) is 0 Å². The molecule has 0 fully saturated rings. The van der Waals surface area contributed by atoms with Gasteiger partial charge in [0.1, 0.15) is 0 Å². The average Bonchev–Trinajstić information content (AvgIpc) is 2.15. The highest BCUT2D eigenvalue weighted by molar-refractivity contribution is 6.81. The largest absolute Gasteiger partial charge is 0.476 e. The van der Waals surface area contributed by atoms with E-state index in [0.717, 1.165) is 0 Å². The van der Waals surface area contributed by atoms with Gasteiger partial charge in [0, 0.05) is 5.02 Å². The van der Waals surface area contributed by atoms with Crippen LogP contribution in [-0.2, 0) is 4.79 Å². The zero-order valence-electron chi connectivity index (χ0n) is 7.17. The predicted octanol–water partition coefficient (Wildman–Crippen LogP) is 3.04. The molecule has 1 aromatic rings. The lowest BCUT2D eigenvalue weighted by Gasteiger charge is -2.03. The van der Waals surface area contributed by atoms with Crippen molar-refractivity contribution in [2.45, 2.75) is 0 Å². The molecular formula is C8H5Cl3N2O2. The lowest BCUT2D eigenvalue weighted by atomic mass is 10.3. The van der Waals surface area contributed by atoms with Crippen LogP contribution in [0.15, 0.2) is 23.3 Å². The number of rotatable bonds is 3. The van der Waals surface area contributed by atoms with E-state index in [2.05, 4.69) is 10.5 Å². The minimum atomic E-state index is -1.32. The summed E-state index contributed by atoms with van der Waals surface area (Å²) in [6.45, 7) is 0. The third-order valence-corrected chi connectivity index (χ3v) is 2.18. The average molecular weight is 267 g/mol. The zero-order chi connectivity index (χ0) is 11.4. The standard InChI is InChI=1S/C8H5Cl3N2O2/c9-4-1-2-6(5(10)3-4)12-13-7(11)8(14)15/h1-3,12H,(H,14,15)/b13-7+. The van der Waals surface area contributed by atoms with E-state index in [4.69, 9.17) is 39.9 Å². The van der Waals surface area contributed by atoms with Gasteiger partial charge in [-0.1, -0.05) is 34.8 Å². The van der Waals surface area contributed by atoms with Crippen LogP contribution in [0.4, 0.5) is 5.69 Å². The van der Waals surface area contributed by atoms with Crippen molar-refractivity contribution in [3.05, 3.63) is 28.2 Å². The number of hydrogen-bond acceptors (Lipinski definition) is 3. The summed E-state index contributed by atoms with van der Waals surface area (Å²) in [5.41, 5.74) is 2.82. The highest BCUT2D eigenvalue weighted by Gasteiger charge is 2.05. The molecule has 0 aliphatic carbocycles. The summed E-state index contributed by atoms with van der Waals surface area (Å²) in [6.07, 6.45) is 0. The van der Waals surface area contributed by atoms with Gasteiger partial charge in [-0.2, -0.15) is 5.10 Å². The Balaban J connectivity index is 2.82. The van der Waals surface area contributed by atoms with Gasteiger partial charge in [-0.15, -0.1) is 0 Å². The summed E-state index contributed by atoms with van der Waals surface area (Å²) in [4.78, 5) is 10.3. The van der Waals surface area contributed by atoms with E-state index in [-0.39, 0.29) is 0 Å². The number of hydrazone groups is 1. The van der Waals surface area contributed by atoms with Gasteiger partial charge >= 0.3 is 5.97 Å². The van der Waals surface area contributed by atoms with Crippen LogP contribution in [0.3, 0.4) is 0 Å². The molecule has 0 aliphatic heterocycles. The normalized spacial score (nSPS) is 11.3. The van der Waals surface area contributed by atoms with Crippen molar-refractivity contribution in [2.24, 2.45) is 5.10 Å². The molecule has 2 N–H and O–H groups in total. The number of carboxylic acid groups (broad SMARTS) is 1. The maximum atomic E-state index is 10.3. The van der Waals surface area contributed by atoms with E-state index < -0.39 is 11.1 Å². The number of nitrogens with zero attached hydrogens (tertiary/aromatic N) is 1. The molecule has 0 saturated carbocycles. The summed E-state index contributed by atoms with van der Waals surface area (Å²) in [5.74, 6) is -1.32. The summed E-state index contributed by atoms with van der Waals surface area (Å²) in [7, 11) is 0. The van der Waals surface area contributed by atoms with Crippen molar-refractivity contribution in [2.75, 3.05) is 5.43 Å². The molecule has 7 heteroatoms. The van der Waals surface area contributed by atoms with E-state index in [0.29, 0.717) is 15.7 Å². The molecule has 0 amide bonds. The molecule has 1 aromatic carbocycles. The van der Waals surface area contributed by atoms with Gasteiger partial charge in [0.05, 0.1) is 10.7 Å². The number of anilines is 1. The number of benzene rings is 1. The smallest absolute Gasteiger partial charge is 0.368 e. The Morgan fingerprint density at radius 3 is 2.60 bits per heavy atom. The fraction of sp³-hybridized carbons (Fsp3) is 0. The lowest BCUT2D eigenvalue weighted by molar-refractivity contribution is -0.129. The second-order valence-electron chi connectivity index (χ2n) is 2.44. The second kappa shape index (κ2) is 5.21. The molecule has 0 radical (unpaired) electrons. The molecule has 15 heavy (non-hydrogen) atoms. The highest BCUT2D eigenvalue weighted by atomic mass is 35.5. The number of aliphatic carboxylic acids is 1. The topological polar surface area (TPSA) is 61.7 Å². The molecule has 0 aliphatic rings. The number of carboxylic acids is 1. The molecule has 0 unspecified atom stereocenters. The summed E-state index contributed by atoms with van der Waals surface area (Å²) in [5, 5.41) is 12.0. The quantitative estimate of drug-likeness (QED) is 0.653. The SMILES string of the molecule is O=C(O)/C(Cl)=N\Nc1ccc(Cl)cc1Cl. The first-order valence-corrected chi connectivity index (χ1v) is 4.81. The highest BCUT2D eigenvalue weighted by Crippen LogP contribution is 2.25. The first-order chi connectivity index (χ1) is 7.00. The minimum Gasteiger partial charge on any atom is -0.476 e. The molecule has 0 atom stereocenters. The van der Waals surface area contributed by atoms with Crippen LogP contribution in [0, 0.1) is 0 Å². The molecule has 4 nitrogen and oxygen atoms in total. The van der Waals surface area contributed by atoms with Crippen LogP contribution in [-0.4, -0.2) is 16.2 Å². The van der Waals surface area contributed by atoms with Crippen LogP contribution in [0.2, 0.25) is 10.0 Å². The van der Waals surface area contributed by atoms with Gasteiger partial charge in [-0.25, -0.2) is 4.79 Å². The first kappa shape index (κ1) is 12.1. The summed E-state index contributed by atoms with van der Waals surface area (Å²) in [6, 6.07) is 4.63. The Bertz CT molecular complexity index is 420. The summed E-state index contributed by atoms with van der Waals surface area (Å²) >= 11 is 16.7. The Morgan fingerprint density at radius 1 is 1.40 bits per heavy atom. The van der Waals surface area contributed by atoms with Gasteiger partial charge in [-0.3, -0.25) is 5.43 Å². The Morgan fingerprint density at radius 2 is 2.07 bits per heavy atom. The molecule has 0 spiro atoms. The lowest BCUT2D eigenvalue weighted by Crippen LogP contribution is -2.07. The van der Waals surface area contributed by atoms with Crippen LogP contribution < -0.4 is 5.43 Å². The number of halogens is 3. The van der Waals surface area contributed by atoms with E-state index in [1.165, 1.54) is 6.07 Å². The second-order valence-corrected chi connectivity index (χ2v) is 3.65. The van der Waals surface area contributed by atoms with Crippen molar-refractivity contribution < 1.29 is 9.90 Å². The number of nitrogens with one attached hydrogen (secondary N) is 1. The molecule has 0 bridgehead atoms. The molecule has 0 saturated heterocycles. The molecule has 0 aromatic heterocycles. The van der Waals surface area contributed by atoms with Gasteiger partial charge in [-0.05, 0) is 18.2 Å².